The molecule has 0 aliphatic carbocycles. The van der Waals surface area contributed by atoms with Crippen molar-refractivity contribution < 1.29 is 22.7 Å². The lowest BCUT2D eigenvalue weighted by Crippen LogP contribution is -2.05. The predicted molar refractivity (Wildman–Crippen MR) is 90.4 cm³/mol. The molecule has 2 aromatic carbocycles. The molecule has 0 saturated carbocycles. The number of nitrogens with zero attached hydrogens (tertiary/aromatic N) is 2. The van der Waals surface area contributed by atoms with Crippen LogP contribution in [0.1, 0.15) is 16.8 Å². The smallest absolute Gasteiger partial charge is 0.390 e. The van der Waals surface area contributed by atoms with Gasteiger partial charge < -0.3 is 5.11 Å². The highest BCUT2D eigenvalue weighted by atomic mass is 32.2. The molecule has 0 atom stereocenters. The maximum Gasteiger partial charge on any atom is 0.416 e. The lowest BCUT2D eigenvalue weighted by Gasteiger charge is -2.11. The van der Waals surface area contributed by atoms with Crippen LogP contribution < -0.4 is 0 Å². The standard InChI is InChI=1S/C18H14F4N2OS/c19-14-4-6-15(7-5-14)24-16(10-25)9-23-17(24)26-11-12-2-1-3-13(8-12)18(20,21)22/h1-9,25H,10-11H2. The summed E-state index contributed by atoms with van der Waals surface area (Å²) >= 11 is 1.23. The number of thioether (sulfide) groups is 1. The first-order chi connectivity index (χ1) is 12.4. The summed E-state index contributed by atoms with van der Waals surface area (Å²) < 4.78 is 53.2. The van der Waals surface area contributed by atoms with Crippen LogP contribution in [0, 0.1) is 5.82 Å². The summed E-state index contributed by atoms with van der Waals surface area (Å²) in [6.45, 7) is -0.269. The summed E-state index contributed by atoms with van der Waals surface area (Å²) in [5, 5.41) is 9.99. The number of aliphatic hydroxyl groups is 1. The molecule has 3 rings (SSSR count). The van der Waals surface area contributed by atoms with Gasteiger partial charge in [-0.1, -0.05) is 30.0 Å². The SMILES string of the molecule is OCc1cnc(SCc2cccc(C(F)(F)F)c2)n1-c1ccc(F)cc1. The number of imidazole rings is 1. The summed E-state index contributed by atoms with van der Waals surface area (Å²) in [6, 6.07) is 10.8. The number of rotatable bonds is 5. The molecule has 0 bridgehead atoms. The topological polar surface area (TPSA) is 38.1 Å². The molecule has 3 nitrogen and oxygen atoms in total. The van der Waals surface area contributed by atoms with E-state index >= 15 is 0 Å². The Morgan fingerprint density at radius 3 is 2.46 bits per heavy atom. The van der Waals surface area contributed by atoms with E-state index < -0.39 is 17.6 Å². The Hall–Kier alpha value is -2.32. The molecule has 0 spiro atoms. The van der Waals surface area contributed by atoms with Gasteiger partial charge in [-0.25, -0.2) is 9.37 Å². The highest BCUT2D eigenvalue weighted by molar-refractivity contribution is 7.98. The number of benzene rings is 2. The Labute approximate surface area is 151 Å². The largest absolute Gasteiger partial charge is 0.416 e. The second-order valence-corrected chi connectivity index (χ2v) is 6.43. The average Bonchev–Trinajstić information content (AvgIpc) is 3.03. The van der Waals surface area contributed by atoms with Crippen LogP contribution in [0.2, 0.25) is 0 Å². The van der Waals surface area contributed by atoms with Gasteiger partial charge in [0.1, 0.15) is 5.82 Å². The lowest BCUT2D eigenvalue weighted by molar-refractivity contribution is -0.137. The Bertz CT molecular complexity index is 891. The lowest BCUT2D eigenvalue weighted by atomic mass is 10.1. The third kappa shape index (κ3) is 4.08. The number of hydrogen-bond acceptors (Lipinski definition) is 3. The molecular formula is C18H14F4N2OS. The van der Waals surface area contributed by atoms with Gasteiger partial charge in [-0.2, -0.15) is 13.2 Å². The number of aliphatic hydroxyl groups excluding tert-OH is 1. The summed E-state index contributed by atoms with van der Waals surface area (Å²) in [6.07, 6.45) is -2.91. The third-order valence-corrected chi connectivity index (χ3v) is 4.70. The maximum atomic E-state index is 13.1. The van der Waals surface area contributed by atoms with Crippen LogP contribution >= 0.6 is 11.8 Å². The van der Waals surface area contributed by atoms with Crippen LogP contribution in [0.25, 0.3) is 5.69 Å². The first-order valence-electron chi connectivity index (χ1n) is 7.61. The Kier molecular flexibility index (Phi) is 5.33. The third-order valence-electron chi connectivity index (χ3n) is 3.67. The van der Waals surface area contributed by atoms with Crippen LogP contribution in [-0.4, -0.2) is 14.7 Å². The van der Waals surface area contributed by atoms with Gasteiger partial charge in [-0.15, -0.1) is 0 Å². The van der Waals surface area contributed by atoms with Crippen LogP contribution in [0.3, 0.4) is 0 Å². The number of hydrogen-bond donors (Lipinski definition) is 1. The van der Waals surface area contributed by atoms with Gasteiger partial charge in [0.25, 0.3) is 0 Å². The van der Waals surface area contributed by atoms with E-state index in [-0.39, 0.29) is 12.4 Å². The Morgan fingerprint density at radius 2 is 1.81 bits per heavy atom. The van der Waals surface area contributed by atoms with E-state index in [1.165, 1.54) is 36.2 Å². The van der Waals surface area contributed by atoms with E-state index in [0.717, 1.165) is 12.1 Å². The van der Waals surface area contributed by atoms with Gasteiger partial charge in [0, 0.05) is 11.4 Å². The highest BCUT2D eigenvalue weighted by Gasteiger charge is 2.30. The molecule has 0 saturated heterocycles. The average molecular weight is 382 g/mol. The summed E-state index contributed by atoms with van der Waals surface area (Å²) in [5.41, 5.74) is 0.917. The van der Waals surface area contributed by atoms with E-state index in [4.69, 9.17) is 0 Å². The molecule has 0 aliphatic heterocycles. The number of alkyl halides is 3. The van der Waals surface area contributed by atoms with Gasteiger partial charge in [0.15, 0.2) is 5.16 Å². The summed E-state index contributed by atoms with van der Waals surface area (Å²) in [7, 11) is 0. The highest BCUT2D eigenvalue weighted by Crippen LogP contribution is 2.32. The quantitative estimate of drug-likeness (QED) is 0.508. The zero-order valence-electron chi connectivity index (χ0n) is 13.4. The normalized spacial score (nSPS) is 11.7. The molecule has 26 heavy (non-hydrogen) atoms. The van der Waals surface area contributed by atoms with Crippen molar-refractivity contribution in [3.63, 3.8) is 0 Å². The minimum Gasteiger partial charge on any atom is -0.390 e. The Balaban J connectivity index is 1.85. The summed E-state index contributed by atoms with van der Waals surface area (Å²) in [4.78, 5) is 4.22. The van der Waals surface area contributed by atoms with Crippen molar-refractivity contribution in [2.45, 2.75) is 23.7 Å². The van der Waals surface area contributed by atoms with E-state index in [9.17, 15) is 22.7 Å². The second kappa shape index (κ2) is 7.51. The minimum absolute atomic E-state index is 0.269. The van der Waals surface area contributed by atoms with Crippen molar-refractivity contribution >= 4 is 11.8 Å². The van der Waals surface area contributed by atoms with Gasteiger partial charge >= 0.3 is 6.18 Å². The molecule has 0 radical (unpaired) electrons. The van der Waals surface area contributed by atoms with E-state index in [1.54, 1.807) is 22.8 Å². The molecule has 0 amide bonds. The molecule has 0 fully saturated rings. The molecule has 8 heteroatoms. The molecule has 136 valence electrons. The molecule has 1 N–H and O–H groups in total. The van der Waals surface area contributed by atoms with E-state index in [0.29, 0.717) is 22.1 Å². The fraction of sp³-hybridized carbons (Fsp3) is 0.167. The first kappa shape index (κ1) is 18.5. The molecule has 1 aromatic heterocycles. The van der Waals surface area contributed by atoms with Crippen LogP contribution in [0.5, 0.6) is 0 Å². The van der Waals surface area contributed by atoms with E-state index in [2.05, 4.69) is 4.98 Å². The van der Waals surface area contributed by atoms with E-state index in [1.807, 2.05) is 0 Å². The van der Waals surface area contributed by atoms with Crippen molar-refractivity contribution in [1.82, 2.24) is 9.55 Å². The molecule has 3 aromatic rings. The zero-order chi connectivity index (χ0) is 18.7. The van der Waals surface area contributed by atoms with Gasteiger partial charge in [-0.05, 0) is 35.9 Å². The first-order valence-corrected chi connectivity index (χ1v) is 8.59. The van der Waals surface area contributed by atoms with Crippen LogP contribution in [0.15, 0.2) is 59.9 Å². The predicted octanol–water partition coefficient (Wildman–Crippen LogP) is 4.81. The fourth-order valence-electron chi connectivity index (χ4n) is 2.43. The molecular weight excluding hydrogens is 368 g/mol. The monoisotopic (exact) mass is 382 g/mol. The molecule has 0 unspecified atom stereocenters. The van der Waals surface area contributed by atoms with Crippen molar-refractivity contribution in [2.75, 3.05) is 0 Å². The van der Waals surface area contributed by atoms with Crippen LogP contribution in [-0.2, 0) is 18.5 Å². The Morgan fingerprint density at radius 1 is 1.08 bits per heavy atom. The van der Waals surface area contributed by atoms with Crippen molar-refractivity contribution in [3.8, 4) is 5.69 Å². The zero-order valence-corrected chi connectivity index (χ0v) is 14.2. The maximum absolute atomic E-state index is 13.1. The minimum atomic E-state index is -4.39. The fourth-order valence-corrected chi connectivity index (χ4v) is 3.39. The number of aromatic nitrogens is 2. The van der Waals surface area contributed by atoms with Gasteiger partial charge in [0.2, 0.25) is 0 Å². The molecule has 1 heterocycles. The molecule has 0 aliphatic rings. The van der Waals surface area contributed by atoms with Crippen molar-refractivity contribution in [1.29, 1.82) is 0 Å². The summed E-state index contributed by atoms with van der Waals surface area (Å²) in [5.74, 6) is -0.120. The van der Waals surface area contributed by atoms with Crippen molar-refractivity contribution in [3.05, 3.63) is 77.4 Å². The van der Waals surface area contributed by atoms with Crippen molar-refractivity contribution in [2.24, 2.45) is 0 Å². The van der Waals surface area contributed by atoms with Crippen LogP contribution in [0.4, 0.5) is 17.6 Å². The van der Waals surface area contributed by atoms with Gasteiger partial charge in [0.05, 0.1) is 24.1 Å². The number of halogens is 4. The second-order valence-electron chi connectivity index (χ2n) is 5.49. The van der Waals surface area contributed by atoms with Gasteiger partial charge in [-0.3, -0.25) is 4.57 Å².